The van der Waals surface area contributed by atoms with Crippen LogP contribution in [0.4, 0.5) is 0 Å². The van der Waals surface area contributed by atoms with Crippen molar-refractivity contribution in [2.24, 2.45) is 5.41 Å². The summed E-state index contributed by atoms with van der Waals surface area (Å²) in [6.45, 7) is 10.7. The number of ether oxygens (including phenoxy) is 1. The van der Waals surface area contributed by atoms with Crippen molar-refractivity contribution in [3.05, 3.63) is 18.7 Å². The maximum Gasteiger partial charge on any atom is 0.0946 e. The van der Waals surface area contributed by atoms with Crippen LogP contribution in [0.25, 0.3) is 0 Å². The van der Waals surface area contributed by atoms with Gasteiger partial charge in [-0.15, -0.1) is 0 Å². The van der Waals surface area contributed by atoms with Crippen LogP contribution in [0, 0.1) is 5.41 Å². The van der Waals surface area contributed by atoms with E-state index >= 15 is 0 Å². The Hall–Kier alpha value is -0.870. The Morgan fingerprint density at radius 1 is 1.39 bits per heavy atom. The number of nitrogens with zero attached hydrogens (tertiary/aromatic N) is 2. The number of methoxy groups -OCH3 is 1. The van der Waals surface area contributed by atoms with Crippen molar-refractivity contribution >= 4 is 0 Å². The number of rotatable bonds is 7. The minimum atomic E-state index is 0.200. The van der Waals surface area contributed by atoms with Crippen molar-refractivity contribution in [1.82, 2.24) is 14.9 Å². The second kappa shape index (κ2) is 6.90. The van der Waals surface area contributed by atoms with Gasteiger partial charge in [0.15, 0.2) is 0 Å². The lowest BCUT2D eigenvalue weighted by atomic mass is 9.86. The van der Waals surface area contributed by atoms with E-state index < -0.39 is 0 Å². The summed E-state index contributed by atoms with van der Waals surface area (Å²) in [7, 11) is 1.76. The lowest BCUT2D eigenvalue weighted by Crippen LogP contribution is -2.49. The third-order valence-electron chi connectivity index (χ3n) is 3.30. The lowest BCUT2D eigenvalue weighted by Gasteiger charge is -2.35. The minimum Gasteiger partial charge on any atom is -0.383 e. The highest BCUT2D eigenvalue weighted by Gasteiger charge is 2.26. The van der Waals surface area contributed by atoms with Gasteiger partial charge >= 0.3 is 0 Å². The van der Waals surface area contributed by atoms with E-state index in [2.05, 4.69) is 42.6 Å². The van der Waals surface area contributed by atoms with Gasteiger partial charge in [0.05, 0.1) is 12.9 Å². The normalized spacial score (nSPS) is 15.6. The van der Waals surface area contributed by atoms with Crippen molar-refractivity contribution < 1.29 is 4.74 Å². The Morgan fingerprint density at radius 2 is 2.11 bits per heavy atom. The summed E-state index contributed by atoms with van der Waals surface area (Å²) >= 11 is 0. The van der Waals surface area contributed by atoms with Crippen molar-refractivity contribution in [3.63, 3.8) is 0 Å². The molecule has 1 aromatic rings. The predicted octanol–water partition coefficient (Wildman–Crippen LogP) is 2.31. The third kappa shape index (κ3) is 4.78. The van der Waals surface area contributed by atoms with E-state index in [0.29, 0.717) is 12.1 Å². The topological polar surface area (TPSA) is 39.1 Å². The molecule has 4 heteroatoms. The molecule has 1 rings (SSSR count). The average molecular weight is 253 g/mol. The molecule has 18 heavy (non-hydrogen) atoms. The fraction of sp³-hybridized carbons (Fsp3) is 0.786. The molecular formula is C14H27N3O. The fourth-order valence-electron chi connectivity index (χ4n) is 1.95. The fourth-order valence-corrected chi connectivity index (χ4v) is 1.95. The van der Waals surface area contributed by atoms with Crippen LogP contribution in [0.1, 0.15) is 34.1 Å². The molecule has 1 N–H and O–H groups in total. The lowest BCUT2D eigenvalue weighted by molar-refractivity contribution is 0.135. The van der Waals surface area contributed by atoms with Crippen LogP contribution in [0.15, 0.2) is 18.7 Å². The molecule has 0 bridgehead atoms. The Morgan fingerprint density at radius 3 is 2.56 bits per heavy atom. The van der Waals surface area contributed by atoms with E-state index in [-0.39, 0.29) is 5.41 Å². The molecule has 104 valence electrons. The monoisotopic (exact) mass is 253 g/mol. The Kier molecular flexibility index (Phi) is 5.82. The summed E-state index contributed by atoms with van der Waals surface area (Å²) in [5.74, 6) is 0. The van der Waals surface area contributed by atoms with E-state index in [4.69, 9.17) is 4.74 Å². The van der Waals surface area contributed by atoms with E-state index in [1.807, 2.05) is 18.7 Å². The Labute approximate surface area is 111 Å². The summed E-state index contributed by atoms with van der Waals surface area (Å²) in [5.41, 5.74) is 0.200. The first kappa shape index (κ1) is 15.2. The maximum absolute atomic E-state index is 5.26. The highest BCUT2D eigenvalue weighted by molar-refractivity contribution is 4.86. The van der Waals surface area contributed by atoms with Gasteiger partial charge in [-0.1, -0.05) is 27.7 Å². The number of nitrogens with one attached hydrogen (secondary N) is 1. The van der Waals surface area contributed by atoms with Crippen molar-refractivity contribution in [1.29, 1.82) is 0 Å². The van der Waals surface area contributed by atoms with Crippen LogP contribution in [-0.4, -0.2) is 35.4 Å². The second-order valence-electron chi connectivity index (χ2n) is 5.91. The number of hydrogen-bond acceptors (Lipinski definition) is 3. The number of hydrogen-bond donors (Lipinski definition) is 1. The molecule has 1 heterocycles. The zero-order valence-electron chi connectivity index (χ0n) is 12.3. The molecular weight excluding hydrogens is 226 g/mol. The highest BCUT2D eigenvalue weighted by atomic mass is 16.5. The number of imidazole rings is 1. The summed E-state index contributed by atoms with van der Waals surface area (Å²) in [4.78, 5) is 4.10. The largest absolute Gasteiger partial charge is 0.383 e. The van der Waals surface area contributed by atoms with Gasteiger partial charge in [0.25, 0.3) is 0 Å². The Balaban J connectivity index is 2.66. The first-order valence-electron chi connectivity index (χ1n) is 6.68. The molecule has 0 saturated heterocycles. The SMILES string of the molecule is CCC(COC)NC(Cn1ccnc1)C(C)(C)C. The van der Waals surface area contributed by atoms with Crippen LogP contribution in [-0.2, 0) is 11.3 Å². The first-order valence-corrected chi connectivity index (χ1v) is 6.68. The summed E-state index contributed by atoms with van der Waals surface area (Å²) in [5, 5.41) is 3.71. The standard InChI is InChI=1S/C14H27N3O/c1-6-12(10-18-5)16-13(14(2,3)4)9-17-8-7-15-11-17/h7-8,11-13,16H,6,9-10H2,1-5H3. The molecule has 0 aliphatic heterocycles. The molecule has 1 aromatic heterocycles. The van der Waals surface area contributed by atoms with Crippen LogP contribution in [0.5, 0.6) is 0 Å². The molecule has 0 aromatic carbocycles. The zero-order chi connectivity index (χ0) is 13.6. The molecule has 0 aliphatic carbocycles. The minimum absolute atomic E-state index is 0.200. The van der Waals surface area contributed by atoms with Gasteiger partial charge in [0, 0.05) is 38.1 Å². The van der Waals surface area contributed by atoms with Crippen molar-refractivity contribution in [2.45, 2.75) is 52.7 Å². The smallest absolute Gasteiger partial charge is 0.0946 e. The van der Waals surface area contributed by atoms with Crippen LogP contribution >= 0.6 is 0 Å². The molecule has 2 unspecified atom stereocenters. The molecule has 2 atom stereocenters. The summed E-state index contributed by atoms with van der Waals surface area (Å²) < 4.78 is 7.39. The summed E-state index contributed by atoms with van der Waals surface area (Å²) in [6.07, 6.45) is 6.78. The van der Waals surface area contributed by atoms with Crippen molar-refractivity contribution in [3.8, 4) is 0 Å². The highest BCUT2D eigenvalue weighted by Crippen LogP contribution is 2.21. The van der Waals surface area contributed by atoms with Gasteiger partial charge in [0.1, 0.15) is 0 Å². The second-order valence-corrected chi connectivity index (χ2v) is 5.91. The van der Waals surface area contributed by atoms with E-state index in [1.165, 1.54) is 0 Å². The van der Waals surface area contributed by atoms with Gasteiger partial charge in [0.2, 0.25) is 0 Å². The van der Waals surface area contributed by atoms with Gasteiger partial charge in [-0.2, -0.15) is 0 Å². The van der Waals surface area contributed by atoms with E-state index in [9.17, 15) is 0 Å². The molecule has 0 saturated carbocycles. The van der Waals surface area contributed by atoms with Crippen molar-refractivity contribution in [2.75, 3.05) is 13.7 Å². The zero-order valence-corrected chi connectivity index (χ0v) is 12.3. The van der Waals surface area contributed by atoms with Gasteiger partial charge in [-0.3, -0.25) is 0 Å². The first-order chi connectivity index (χ1) is 8.47. The average Bonchev–Trinajstić information content (AvgIpc) is 2.78. The molecule has 0 spiro atoms. The quantitative estimate of drug-likeness (QED) is 0.810. The molecule has 4 nitrogen and oxygen atoms in total. The molecule has 0 amide bonds. The predicted molar refractivity (Wildman–Crippen MR) is 74.6 cm³/mol. The Bertz CT molecular complexity index is 316. The number of aromatic nitrogens is 2. The van der Waals surface area contributed by atoms with Gasteiger partial charge in [-0.05, 0) is 11.8 Å². The molecule has 0 fully saturated rings. The van der Waals surface area contributed by atoms with Gasteiger partial charge in [-0.25, -0.2) is 4.98 Å². The maximum atomic E-state index is 5.26. The van der Waals surface area contributed by atoms with Crippen LogP contribution < -0.4 is 5.32 Å². The molecule has 0 radical (unpaired) electrons. The molecule has 0 aliphatic rings. The van der Waals surface area contributed by atoms with E-state index in [0.717, 1.165) is 19.6 Å². The van der Waals surface area contributed by atoms with Crippen LogP contribution in [0.3, 0.4) is 0 Å². The van der Waals surface area contributed by atoms with Gasteiger partial charge < -0.3 is 14.6 Å². The summed E-state index contributed by atoms with van der Waals surface area (Å²) in [6, 6.07) is 0.801. The van der Waals surface area contributed by atoms with Crippen LogP contribution in [0.2, 0.25) is 0 Å². The van der Waals surface area contributed by atoms with E-state index in [1.54, 1.807) is 7.11 Å². The third-order valence-corrected chi connectivity index (χ3v) is 3.30.